The molecule has 0 fully saturated rings. The molecule has 2 aromatic heterocycles. The van der Waals surface area contributed by atoms with Gasteiger partial charge in [-0.2, -0.15) is 0 Å². The van der Waals surface area contributed by atoms with Crippen LogP contribution in [0.3, 0.4) is 0 Å². The fourth-order valence-electron chi connectivity index (χ4n) is 1.93. The minimum atomic E-state index is -0.443. The Morgan fingerprint density at radius 1 is 1.00 bits per heavy atom. The van der Waals surface area contributed by atoms with E-state index in [-0.39, 0.29) is 11.5 Å². The summed E-state index contributed by atoms with van der Waals surface area (Å²) in [5.41, 5.74) is 7.29. The maximum absolute atomic E-state index is 12.3. The number of nitrogen functional groups attached to an aromatic ring is 1. The molecular weight excluding hydrogens is 278 g/mol. The number of nitrogens with zero attached hydrogens (tertiary/aromatic N) is 3. The molecule has 2 heterocycles. The zero-order chi connectivity index (χ0) is 15.4. The average Bonchev–Trinajstić information content (AvgIpc) is 2.57. The third-order valence-electron chi connectivity index (χ3n) is 2.99. The van der Waals surface area contributed by atoms with Crippen molar-refractivity contribution >= 4 is 17.5 Å². The van der Waals surface area contributed by atoms with Crippen LogP contribution in [0.2, 0.25) is 0 Å². The molecule has 0 spiro atoms. The Labute approximate surface area is 127 Å². The minimum absolute atomic E-state index is 0.0759. The van der Waals surface area contributed by atoms with Crippen LogP contribution in [-0.2, 0) is 0 Å². The van der Waals surface area contributed by atoms with Gasteiger partial charge in [-0.3, -0.25) is 4.79 Å². The summed E-state index contributed by atoms with van der Waals surface area (Å²) in [6, 6.07) is 14.7. The van der Waals surface area contributed by atoms with Gasteiger partial charge >= 0.3 is 0 Å². The molecule has 3 N–H and O–H groups in total. The van der Waals surface area contributed by atoms with Crippen LogP contribution in [0.4, 0.5) is 11.6 Å². The second-order valence-corrected chi connectivity index (χ2v) is 4.52. The third-order valence-corrected chi connectivity index (χ3v) is 2.99. The number of amides is 1. The first-order chi connectivity index (χ1) is 10.7. The molecule has 1 aromatic carbocycles. The first-order valence-electron chi connectivity index (χ1n) is 6.64. The van der Waals surface area contributed by atoms with Crippen LogP contribution in [0.25, 0.3) is 11.3 Å². The van der Waals surface area contributed by atoms with Gasteiger partial charge in [-0.25, -0.2) is 15.0 Å². The minimum Gasteiger partial charge on any atom is -0.382 e. The van der Waals surface area contributed by atoms with Crippen LogP contribution in [0, 0.1) is 0 Å². The SMILES string of the molecule is Nc1ncc(-c2ccccc2)nc1C(=O)Nc1ccccn1. The lowest BCUT2D eigenvalue weighted by Crippen LogP contribution is -2.17. The summed E-state index contributed by atoms with van der Waals surface area (Å²) in [6.07, 6.45) is 3.13. The van der Waals surface area contributed by atoms with Gasteiger partial charge in [0, 0.05) is 11.8 Å². The standard InChI is InChI=1S/C16H13N5O/c17-15-14(16(22)21-13-8-4-5-9-18-13)20-12(10-19-15)11-6-2-1-3-7-11/h1-10H,(H2,17,19)(H,18,21,22). The topological polar surface area (TPSA) is 93.8 Å². The zero-order valence-electron chi connectivity index (χ0n) is 11.6. The second kappa shape index (κ2) is 6.01. The number of carbonyl (C=O) groups is 1. The molecule has 0 radical (unpaired) electrons. The molecule has 0 saturated carbocycles. The number of hydrogen-bond donors (Lipinski definition) is 2. The number of benzene rings is 1. The Bertz CT molecular complexity index is 790. The van der Waals surface area contributed by atoms with Gasteiger partial charge in [0.1, 0.15) is 5.82 Å². The number of aromatic nitrogens is 3. The number of carbonyl (C=O) groups excluding carboxylic acids is 1. The van der Waals surface area contributed by atoms with Crippen LogP contribution in [0.5, 0.6) is 0 Å². The van der Waals surface area contributed by atoms with Crippen LogP contribution < -0.4 is 11.1 Å². The number of nitrogens with one attached hydrogen (secondary N) is 1. The highest BCUT2D eigenvalue weighted by Crippen LogP contribution is 2.18. The molecule has 0 aliphatic heterocycles. The predicted octanol–water partition coefficient (Wildman–Crippen LogP) is 2.37. The van der Waals surface area contributed by atoms with Gasteiger partial charge in [0.25, 0.3) is 5.91 Å². The molecule has 0 unspecified atom stereocenters. The second-order valence-electron chi connectivity index (χ2n) is 4.52. The van der Waals surface area contributed by atoms with Crippen molar-refractivity contribution < 1.29 is 4.79 Å². The highest BCUT2D eigenvalue weighted by atomic mass is 16.2. The normalized spacial score (nSPS) is 10.2. The van der Waals surface area contributed by atoms with Crippen LogP contribution in [0.15, 0.2) is 60.9 Å². The monoisotopic (exact) mass is 291 g/mol. The van der Waals surface area contributed by atoms with Crippen molar-refractivity contribution in [2.45, 2.75) is 0 Å². The lowest BCUT2D eigenvalue weighted by atomic mass is 10.1. The largest absolute Gasteiger partial charge is 0.382 e. The third kappa shape index (κ3) is 2.90. The lowest BCUT2D eigenvalue weighted by molar-refractivity contribution is 0.102. The Morgan fingerprint density at radius 2 is 1.77 bits per heavy atom. The van der Waals surface area contributed by atoms with E-state index in [0.29, 0.717) is 11.5 Å². The van der Waals surface area contributed by atoms with E-state index in [1.54, 1.807) is 30.6 Å². The molecule has 3 rings (SSSR count). The van der Waals surface area contributed by atoms with Crippen molar-refractivity contribution in [3.63, 3.8) is 0 Å². The van der Waals surface area contributed by atoms with E-state index in [1.807, 2.05) is 30.3 Å². The van der Waals surface area contributed by atoms with Gasteiger partial charge in [-0.1, -0.05) is 36.4 Å². The fraction of sp³-hybridized carbons (Fsp3) is 0. The van der Waals surface area contributed by atoms with Gasteiger partial charge < -0.3 is 11.1 Å². The Morgan fingerprint density at radius 3 is 2.50 bits per heavy atom. The van der Waals surface area contributed by atoms with Crippen molar-refractivity contribution in [2.75, 3.05) is 11.1 Å². The van der Waals surface area contributed by atoms with Crippen LogP contribution in [-0.4, -0.2) is 20.9 Å². The number of nitrogens with two attached hydrogens (primary N) is 1. The summed E-state index contributed by atoms with van der Waals surface area (Å²) in [5.74, 6) is 0.0633. The molecular formula is C16H13N5O. The van der Waals surface area contributed by atoms with Gasteiger partial charge in [0.2, 0.25) is 0 Å². The van der Waals surface area contributed by atoms with Crippen LogP contribution in [0.1, 0.15) is 10.5 Å². The molecule has 0 saturated heterocycles. The predicted molar refractivity (Wildman–Crippen MR) is 84.1 cm³/mol. The van der Waals surface area contributed by atoms with E-state index in [1.165, 1.54) is 0 Å². The zero-order valence-corrected chi connectivity index (χ0v) is 11.6. The Hall–Kier alpha value is -3.28. The van der Waals surface area contributed by atoms with Crippen molar-refractivity contribution in [1.29, 1.82) is 0 Å². The molecule has 108 valence electrons. The summed E-state index contributed by atoms with van der Waals surface area (Å²) in [5, 5.41) is 2.65. The molecule has 6 heteroatoms. The van der Waals surface area contributed by atoms with E-state index < -0.39 is 5.91 Å². The summed E-state index contributed by atoms with van der Waals surface area (Å²) in [7, 11) is 0. The summed E-state index contributed by atoms with van der Waals surface area (Å²) in [4.78, 5) is 24.7. The molecule has 0 bridgehead atoms. The first kappa shape index (κ1) is 13.7. The summed E-state index contributed by atoms with van der Waals surface area (Å²) in [6.45, 7) is 0. The highest BCUT2D eigenvalue weighted by Gasteiger charge is 2.15. The first-order valence-corrected chi connectivity index (χ1v) is 6.64. The van der Waals surface area contributed by atoms with Gasteiger partial charge in [-0.05, 0) is 12.1 Å². The number of hydrogen-bond acceptors (Lipinski definition) is 5. The molecule has 0 aliphatic rings. The molecule has 3 aromatic rings. The van der Waals surface area contributed by atoms with Crippen molar-refractivity contribution in [3.05, 3.63) is 66.6 Å². The van der Waals surface area contributed by atoms with Crippen molar-refractivity contribution in [1.82, 2.24) is 15.0 Å². The van der Waals surface area contributed by atoms with E-state index in [2.05, 4.69) is 20.3 Å². The van der Waals surface area contributed by atoms with E-state index >= 15 is 0 Å². The summed E-state index contributed by atoms with van der Waals surface area (Å²) >= 11 is 0. The molecule has 22 heavy (non-hydrogen) atoms. The van der Waals surface area contributed by atoms with E-state index in [9.17, 15) is 4.79 Å². The number of rotatable bonds is 3. The van der Waals surface area contributed by atoms with Crippen LogP contribution >= 0.6 is 0 Å². The maximum Gasteiger partial charge on any atom is 0.279 e. The molecule has 0 atom stereocenters. The molecule has 6 nitrogen and oxygen atoms in total. The highest BCUT2D eigenvalue weighted by molar-refractivity contribution is 6.05. The summed E-state index contributed by atoms with van der Waals surface area (Å²) < 4.78 is 0. The van der Waals surface area contributed by atoms with Gasteiger partial charge in [0.15, 0.2) is 11.5 Å². The quantitative estimate of drug-likeness (QED) is 0.772. The fourth-order valence-corrected chi connectivity index (χ4v) is 1.93. The molecule has 0 aliphatic carbocycles. The van der Waals surface area contributed by atoms with E-state index in [0.717, 1.165) is 5.56 Å². The lowest BCUT2D eigenvalue weighted by Gasteiger charge is -2.07. The van der Waals surface area contributed by atoms with Crippen molar-refractivity contribution in [2.24, 2.45) is 0 Å². The van der Waals surface area contributed by atoms with Crippen molar-refractivity contribution in [3.8, 4) is 11.3 Å². The molecule has 1 amide bonds. The Kier molecular flexibility index (Phi) is 3.74. The van der Waals surface area contributed by atoms with Gasteiger partial charge in [-0.15, -0.1) is 0 Å². The smallest absolute Gasteiger partial charge is 0.279 e. The van der Waals surface area contributed by atoms with E-state index in [4.69, 9.17) is 5.73 Å². The number of pyridine rings is 1. The maximum atomic E-state index is 12.3. The van der Waals surface area contributed by atoms with Gasteiger partial charge in [0.05, 0.1) is 11.9 Å². The average molecular weight is 291 g/mol. The Balaban J connectivity index is 1.91. The number of anilines is 2.